The molecule has 0 saturated heterocycles. The van der Waals surface area contributed by atoms with Crippen molar-refractivity contribution in [3.05, 3.63) is 59.6 Å². The van der Waals surface area contributed by atoms with Gasteiger partial charge in [0.1, 0.15) is 12.4 Å². The summed E-state index contributed by atoms with van der Waals surface area (Å²) in [6, 6.07) is 16.3. The molecule has 0 atom stereocenters. The Hall–Kier alpha value is -2.20. The second-order valence-corrected chi connectivity index (χ2v) is 4.85. The number of nitrogens with zero attached hydrogens (tertiary/aromatic N) is 1. The Bertz CT molecular complexity index is 589. The number of benzene rings is 2. The molecule has 0 spiro atoms. The number of carbonyl (C=O) groups excluding carboxylic acids is 1. The molecule has 0 N–H and O–H groups in total. The van der Waals surface area contributed by atoms with Crippen LogP contribution >= 0.6 is 11.6 Å². The lowest BCUT2D eigenvalue weighted by Crippen LogP contribution is -2.24. The third-order valence-electron chi connectivity index (χ3n) is 2.84. The summed E-state index contributed by atoms with van der Waals surface area (Å²) in [7, 11) is 1.90. The standard InChI is InChI=1S/C16H16ClNO3/c1-18(14-7-5-6-13(17)12-14)10-11-20-16(19)21-15-8-3-2-4-9-15/h2-9,12H,10-11H2,1H3. The molecular weight excluding hydrogens is 290 g/mol. The fourth-order valence-electron chi connectivity index (χ4n) is 1.72. The third-order valence-corrected chi connectivity index (χ3v) is 3.08. The summed E-state index contributed by atoms with van der Waals surface area (Å²) in [6.45, 7) is 0.777. The topological polar surface area (TPSA) is 38.8 Å². The minimum atomic E-state index is -0.708. The van der Waals surface area contributed by atoms with Crippen LogP contribution in [0.4, 0.5) is 10.5 Å². The van der Waals surface area contributed by atoms with E-state index in [1.165, 1.54) is 0 Å². The van der Waals surface area contributed by atoms with E-state index < -0.39 is 6.16 Å². The Morgan fingerprint density at radius 2 is 1.90 bits per heavy atom. The van der Waals surface area contributed by atoms with Crippen molar-refractivity contribution in [1.82, 2.24) is 0 Å². The van der Waals surface area contributed by atoms with E-state index in [1.54, 1.807) is 24.3 Å². The summed E-state index contributed by atoms with van der Waals surface area (Å²) in [5.74, 6) is 0.464. The first kappa shape index (κ1) is 15.2. The summed E-state index contributed by atoms with van der Waals surface area (Å²) in [5.41, 5.74) is 0.961. The molecule has 4 nitrogen and oxygen atoms in total. The average Bonchev–Trinajstić information content (AvgIpc) is 2.48. The van der Waals surface area contributed by atoms with E-state index >= 15 is 0 Å². The van der Waals surface area contributed by atoms with Gasteiger partial charge in [-0.2, -0.15) is 0 Å². The van der Waals surface area contributed by atoms with Crippen LogP contribution in [0.5, 0.6) is 5.75 Å². The van der Waals surface area contributed by atoms with Crippen molar-refractivity contribution in [3.63, 3.8) is 0 Å². The van der Waals surface area contributed by atoms with Gasteiger partial charge < -0.3 is 14.4 Å². The molecule has 0 aromatic heterocycles. The number of likely N-dealkylation sites (N-methyl/N-ethyl adjacent to an activating group) is 1. The molecule has 2 aromatic carbocycles. The monoisotopic (exact) mass is 305 g/mol. The predicted molar refractivity (Wildman–Crippen MR) is 83.1 cm³/mol. The molecule has 110 valence electrons. The molecule has 2 rings (SSSR count). The van der Waals surface area contributed by atoms with Crippen molar-refractivity contribution >= 4 is 23.4 Å². The van der Waals surface area contributed by atoms with Crippen LogP contribution in [-0.2, 0) is 4.74 Å². The van der Waals surface area contributed by atoms with E-state index in [0.717, 1.165) is 5.69 Å². The Balaban J connectivity index is 1.75. The fourth-order valence-corrected chi connectivity index (χ4v) is 1.91. The molecule has 0 aliphatic carbocycles. The molecule has 0 aliphatic heterocycles. The van der Waals surface area contributed by atoms with Crippen LogP contribution < -0.4 is 9.64 Å². The first-order valence-electron chi connectivity index (χ1n) is 6.51. The molecule has 2 aromatic rings. The Morgan fingerprint density at radius 3 is 2.62 bits per heavy atom. The number of carbonyl (C=O) groups is 1. The van der Waals surface area contributed by atoms with Crippen LogP contribution in [0.15, 0.2) is 54.6 Å². The number of hydrogen-bond acceptors (Lipinski definition) is 4. The van der Waals surface area contributed by atoms with Crippen LogP contribution in [-0.4, -0.2) is 26.4 Å². The maximum absolute atomic E-state index is 11.5. The van der Waals surface area contributed by atoms with Gasteiger partial charge in [-0.15, -0.1) is 0 Å². The Morgan fingerprint density at radius 1 is 1.14 bits per heavy atom. The Labute approximate surface area is 128 Å². The SMILES string of the molecule is CN(CCOC(=O)Oc1ccccc1)c1cccc(Cl)c1. The van der Waals surface area contributed by atoms with Gasteiger partial charge in [-0.3, -0.25) is 0 Å². The lowest BCUT2D eigenvalue weighted by molar-refractivity contribution is 0.102. The van der Waals surface area contributed by atoms with Crippen molar-refractivity contribution in [2.24, 2.45) is 0 Å². The maximum atomic E-state index is 11.5. The van der Waals surface area contributed by atoms with Gasteiger partial charge in [-0.05, 0) is 30.3 Å². The zero-order valence-electron chi connectivity index (χ0n) is 11.7. The molecule has 0 unspecified atom stereocenters. The predicted octanol–water partition coefficient (Wildman–Crippen LogP) is 3.99. The van der Waals surface area contributed by atoms with Crippen LogP contribution in [0.25, 0.3) is 0 Å². The molecule has 0 radical (unpaired) electrons. The van der Waals surface area contributed by atoms with Gasteiger partial charge in [0.15, 0.2) is 0 Å². The highest BCUT2D eigenvalue weighted by atomic mass is 35.5. The van der Waals surface area contributed by atoms with Crippen molar-refractivity contribution in [3.8, 4) is 5.75 Å². The van der Waals surface area contributed by atoms with E-state index in [-0.39, 0.29) is 6.61 Å². The number of rotatable bonds is 5. The number of ether oxygens (including phenoxy) is 2. The van der Waals surface area contributed by atoms with Gasteiger partial charge in [-0.1, -0.05) is 35.9 Å². The maximum Gasteiger partial charge on any atom is 0.513 e. The van der Waals surface area contributed by atoms with Crippen molar-refractivity contribution < 1.29 is 14.3 Å². The highest BCUT2D eigenvalue weighted by Gasteiger charge is 2.07. The van der Waals surface area contributed by atoms with Crippen molar-refractivity contribution in [1.29, 1.82) is 0 Å². The van der Waals surface area contributed by atoms with E-state index in [9.17, 15) is 4.79 Å². The first-order valence-corrected chi connectivity index (χ1v) is 6.89. The summed E-state index contributed by atoms with van der Waals surface area (Å²) in [5, 5.41) is 0.670. The summed E-state index contributed by atoms with van der Waals surface area (Å²) in [4.78, 5) is 13.4. The summed E-state index contributed by atoms with van der Waals surface area (Å²) in [6.07, 6.45) is -0.708. The quantitative estimate of drug-likeness (QED) is 0.618. The Kier molecular flexibility index (Phi) is 5.46. The molecular formula is C16H16ClNO3. The van der Waals surface area contributed by atoms with Crippen LogP contribution in [0.1, 0.15) is 0 Å². The van der Waals surface area contributed by atoms with Gasteiger partial charge >= 0.3 is 6.16 Å². The van der Waals surface area contributed by atoms with Crippen LogP contribution in [0, 0.1) is 0 Å². The molecule has 0 heterocycles. The number of anilines is 1. The second kappa shape index (κ2) is 7.55. The zero-order chi connectivity index (χ0) is 15.1. The van der Waals surface area contributed by atoms with E-state index in [4.69, 9.17) is 21.1 Å². The third kappa shape index (κ3) is 5.00. The minimum absolute atomic E-state index is 0.231. The van der Waals surface area contributed by atoms with Gasteiger partial charge in [0.2, 0.25) is 0 Å². The molecule has 0 amide bonds. The zero-order valence-corrected chi connectivity index (χ0v) is 12.4. The molecule has 0 bridgehead atoms. The lowest BCUT2D eigenvalue weighted by atomic mass is 10.3. The molecule has 5 heteroatoms. The first-order chi connectivity index (χ1) is 10.1. The summed E-state index contributed by atoms with van der Waals surface area (Å²) >= 11 is 5.93. The number of para-hydroxylation sites is 1. The fraction of sp³-hybridized carbons (Fsp3) is 0.188. The van der Waals surface area contributed by atoms with Gasteiger partial charge in [0, 0.05) is 17.8 Å². The lowest BCUT2D eigenvalue weighted by Gasteiger charge is -2.19. The van der Waals surface area contributed by atoms with E-state index in [1.807, 2.05) is 42.3 Å². The number of hydrogen-bond donors (Lipinski definition) is 0. The number of halogens is 1. The van der Waals surface area contributed by atoms with Crippen molar-refractivity contribution in [2.45, 2.75) is 0 Å². The molecule has 0 aliphatic rings. The van der Waals surface area contributed by atoms with E-state index in [0.29, 0.717) is 17.3 Å². The van der Waals surface area contributed by atoms with Crippen molar-refractivity contribution in [2.75, 3.05) is 25.1 Å². The largest absolute Gasteiger partial charge is 0.513 e. The van der Waals surface area contributed by atoms with Gasteiger partial charge in [0.25, 0.3) is 0 Å². The normalized spacial score (nSPS) is 10.0. The van der Waals surface area contributed by atoms with Gasteiger partial charge in [0.05, 0.1) is 6.54 Å². The molecule has 0 fully saturated rings. The molecule has 21 heavy (non-hydrogen) atoms. The molecule has 0 saturated carbocycles. The highest BCUT2D eigenvalue weighted by Crippen LogP contribution is 2.18. The van der Waals surface area contributed by atoms with E-state index in [2.05, 4.69) is 0 Å². The summed E-state index contributed by atoms with van der Waals surface area (Å²) < 4.78 is 10.1. The second-order valence-electron chi connectivity index (χ2n) is 4.42. The highest BCUT2D eigenvalue weighted by molar-refractivity contribution is 6.30. The van der Waals surface area contributed by atoms with Gasteiger partial charge in [-0.25, -0.2) is 4.79 Å². The average molecular weight is 306 g/mol. The van der Waals surface area contributed by atoms with Crippen LogP contribution in [0.2, 0.25) is 5.02 Å². The smallest absolute Gasteiger partial charge is 0.432 e. The van der Waals surface area contributed by atoms with Crippen LogP contribution in [0.3, 0.4) is 0 Å². The minimum Gasteiger partial charge on any atom is -0.432 e.